The molecule has 11 nitrogen and oxygen atoms in total. The molecule has 2 aliphatic heterocycles. The number of ether oxygens (including phenoxy) is 1. The van der Waals surface area contributed by atoms with Crippen LogP contribution < -0.4 is 15.8 Å². The van der Waals surface area contributed by atoms with Crippen LogP contribution in [0.25, 0.3) is 5.78 Å². The number of nitrogens with zero attached hydrogens (tertiary/aromatic N) is 6. The van der Waals surface area contributed by atoms with Gasteiger partial charge in [-0.2, -0.15) is 9.50 Å². The summed E-state index contributed by atoms with van der Waals surface area (Å²) in [6.45, 7) is 8.16. The van der Waals surface area contributed by atoms with Crippen molar-refractivity contribution in [3.63, 3.8) is 0 Å². The van der Waals surface area contributed by atoms with Crippen molar-refractivity contribution in [2.45, 2.75) is 56.6 Å². The summed E-state index contributed by atoms with van der Waals surface area (Å²) in [5.74, 6) is -1.05. The fourth-order valence-corrected chi connectivity index (χ4v) is 6.62. The second-order valence-electron chi connectivity index (χ2n) is 11.7. The number of hydrogen-bond donors (Lipinski definition) is 1. The quantitative estimate of drug-likeness (QED) is 0.297. The maximum absolute atomic E-state index is 13.7. The van der Waals surface area contributed by atoms with Gasteiger partial charge in [0, 0.05) is 32.1 Å². The van der Waals surface area contributed by atoms with E-state index in [1.807, 2.05) is 0 Å². The minimum Gasteiger partial charge on any atom is -0.444 e. The molecule has 0 saturated carbocycles. The molecule has 242 valence electrons. The number of anilines is 2. The van der Waals surface area contributed by atoms with Crippen LogP contribution in [0.5, 0.6) is 0 Å². The Hall–Kier alpha value is -3.12. The number of carbonyl (C=O) groups is 2. The van der Waals surface area contributed by atoms with Crippen LogP contribution in [0, 0.1) is 0 Å². The Morgan fingerprint density at radius 1 is 1.11 bits per heavy atom. The lowest BCUT2D eigenvalue weighted by Crippen LogP contribution is -2.51. The highest BCUT2D eigenvalue weighted by Crippen LogP contribution is 3.02. The molecular formula is C25H28BrClF5N7O4S. The van der Waals surface area contributed by atoms with Crippen LogP contribution in [0.4, 0.5) is 35.6 Å². The molecule has 44 heavy (non-hydrogen) atoms. The van der Waals surface area contributed by atoms with Crippen molar-refractivity contribution in [2.24, 2.45) is 0 Å². The van der Waals surface area contributed by atoms with E-state index in [0.29, 0.717) is 11.8 Å². The fraction of sp³-hybridized carbons (Fsp3) is 0.480. The van der Waals surface area contributed by atoms with E-state index >= 15 is 0 Å². The summed E-state index contributed by atoms with van der Waals surface area (Å²) in [6, 6.07) is -0.124. The van der Waals surface area contributed by atoms with Crippen LogP contribution in [0.3, 0.4) is 0 Å². The van der Waals surface area contributed by atoms with Crippen LogP contribution in [0.15, 0.2) is 32.6 Å². The molecule has 0 bridgehead atoms. The van der Waals surface area contributed by atoms with Gasteiger partial charge in [-0.25, -0.2) is 4.79 Å². The van der Waals surface area contributed by atoms with E-state index in [1.165, 1.54) is 9.47 Å². The molecule has 2 aromatic heterocycles. The normalized spacial score (nSPS) is 20.7. The average molecular weight is 733 g/mol. The summed E-state index contributed by atoms with van der Waals surface area (Å²) in [6.07, 6.45) is -0.311. The number of fused-ring (bicyclic) bond motifs is 3. The molecule has 2 unspecified atom stereocenters. The smallest absolute Gasteiger partial charge is 0.410 e. The summed E-state index contributed by atoms with van der Waals surface area (Å²) >= 11 is 9.07. The molecule has 5 rings (SSSR count). The number of amides is 2. The molecule has 2 atom stereocenters. The van der Waals surface area contributed by atoms with Gasteiger partial charge in [-0.15, -0.1) is 5.10 Å². The summed E-state index contributed by atoms with van der Waals surface area (Å²) < 4.78 is 74.4. The fourth-order valence-electron chi connectivity index (χ4n) is 5.35. The lowest BCUT2D eigenvalue weighted by Gasteiger charge is -2.40. The second-order valence-corrected chi connectivity index (χ2v) is 15.2. The molecular weight excluding hydrogens is 705 g/mol. The Morgan fingerprint density at radius 2 is 1.75 bits per heavy atom. The molecule has 2 amide bonds. The zero-order valence-electron chi connectivity index (χ0n) is 23.8. The number of hydrogen-bond acceptors (Lipinski definition) is 7. The van der Waals surface area contributed by atoms with Gasteiger partial charge in [-0.05, 0) is 61.3 Å². The number of nitrogens with one attached hydrogen (secondary N) is 1. The standard InChI is InChI=1S/C25H28BrClF5N7O4S/c1-13-11-17(20(40)33-16-6-5-14(12-15(16)27)44(28,29,30,31)32)38-18(13)19(21(41)39-23(38)34-22(26)35-39)36-7-9-37(10-8-36)24(42)43-25(2,3)4/h5-6,12-13,17H,7-11H2,1-4H3,(H,33,40). The molecule has 1 fully saturated rings. The summed E-state index contributed by atoms with van der Waals surface area (Å²) in [5.41, 5.74) is -0.726. The highest BCUT2D eigenvalue weighted by atomic mass is 79.9. The Bertz CT molecular complexity index is 1760. The van der Waals surface area contributed by atoms with Gasteiger partial charge >= 0.3 is 16.3 Å². The minimum atomic E-state index is -9.99. The van der Waals surface area contributed by atoms with Crippen molar-refractivity contribution in [3.8, 4) is 0 Å². The van der Waals surface area contributed by atoms with Crippen LogP contribution in [-0.2, 0) is 9.53 Å². The van der Waals surface area contributed by atoms with Gasteiger partial charge in [0.2, 0.25) is 16.4 Å². The first-order chi connectivity index (χ1) is 20.0. The Kier molecular flexibility index (Phi) is 7.29. The lowest BCUT2D eigenvalue weighted by atomic mass is 10.0. The Balaban J connectivity index is 1.49. The summed E-state index contributed by atoms with van der Waals surface area (Å²) in [7, 11) is -9.99. The Morgan fingerprint density at radius 3 is 2.32 bits per heavy atom. The molecule has 1 saturated heterocycles. The highest BCUT2D eigenvalue weighted by molar-refractivity contribution is 9.10. The molecule has 4 heterocycles. The SMILES string of the molecule is CC1CC(C(=O)Nc2ccc(S(F)(F)(F)(F)F)cc2Cl)n2c1c(N1CCN(C(=O)OC(C)(C)C)CC1)c(=O)n1nc(Br)nc21. The van der Waals surface area contributed by atoms with E-state index in [1.54, 1.807) is 32.6 Å². The third kappa shape index (κ3) is 6.20. The number of carbonyl (C=O) groups excluding carboxylic acids is 2. The van der Waals surface area contributed by atoms with Crippen LogP contribution in [0.1, 0.15) is 51.8 Å². The Labute approximate surface area is 261 Å². The van der Waals surface area contributed by atoms with Crippen molar-refractivity contribution in [3.05, 3.63) is 44.0 Å². The first-order valence-corrected chi connectivity index (χ1v) is 16.4. The van der Waals surface area contributed by atoms with Gasteiger partial charge in [0.15, 0.2) is 0 Å². The van der Waals surface area contributed by atoms with Crippen LogP contribution >= 0.6 is 37.8 Å². The van der Waals surface area contributed by atoms with Gasteiger partial charge in [0.05, 0.1) is 16.4 Å². The molecule has 2 aliphatic rings. The maximum Gasteiger partial charge on any atom is 0.410 e. The maximum atomic E-state index is 13.7. The third-order valence-corrected chi connectivity index (χ3v) is 9.02. The van der Waals surface area contributed by atoms with Crippen molar-refractivity contribution < 1.29 is 33.8 Å². The van der Waals surface area contributed by atoms with E-state index < -0.39 is 49.3 Å². The molecule has 19 heteroatoms. The molecule has 3 aromatic rings. The number of aromatic nitrogens is 4. The predicted molar refractivity (Wildman–Crippen MR) is 159 cm³/mol. The highest BCUT2D eigenvalue weighted by Gasteiger charge is 2.65. The molecule has 0 radical (unpaired) electrons. The van der Waals surface area contributed by atoms with Crippen molar-refractivity contribution in [1.82, 2.24) is 24.1 Å². The van der Waals surface area contributed by atoms with E-state index in [9.17, 15) is 33.8 Å². The average Bonchev–Trinajstić information content (AvgIpc) is 3.43. The van der Waals surface area contributed by atoms with Crippen LogP contribution in [-0.4, -0.2) is 67.8 Å². The monoisotopic (exact) mass is 731 g/mol. The summed E-state index contributed by atoms with van der Waals surface area (Å²) in [5, 5.41) is 5.84. The van der Waals surface area contributed by atoms with Gasteiger partial charge in [-0.1, -0.05) is 38.0 Å². The van der Waals surface area contributed by atoms with Crippen molar-refractivity contribution in [1.29, 1.82) is 0 Å². The van der Waals surface area contributed by atoms with Crippen molar-refractivity contribution >= 4 is 66.9 Å². The first-order valence-electron chi connectivity index (χ1n) is 13.3. The molecule has 1 aromatic carbocycles. The third-order valence-electron chi connectivity index (χ3n) is 7.23. The zero-order valence-corrected chi connectivity index (χ0v) is 27.0. The van der Waals surface area contributed by atoms with E-state index in [0.717, 1.165) is 4.52 Å². The van der Waals surface area contributed by atoms with E-state index in [2.05, 4.69) is 31.3 Å². The number of benzene rings is 1. The van der Waals surface area contributed by atoms with E-state index in [-0.39, 0.29) is 72.5 Å². The first kappa shape index (κ1) is 32.3. The van der Waals surface area contributed by atoms with Crippen molar-refractivity contribution in [2.75, 3.05) is 36.4 Å². The molecule has 1 N–H and O–H groups in total. The van der Waals surface area contributed by atoms with Gasteiger partial charge < -0.3 is 19.9 Å². The van der Waals surface area contributed by atoms with Crippen LogP contribution in [0.2, 0.25) is 5.02 Å². The zero-order chi connectivity index (χ0) is 32.6. The second kappa shape index (κ2) is 9.94. The van der Waals surface area contributed by atoms with Gasteiger partial charge in [-0.3, -0.25) is 14.2 Å². The lowest BCUT2D eigenvalue weighted by molar-refractivity contribution is -0.119. The number of rotatable bonds is 4. The summed E-state index contributed by atoms with van der Waals surface area (Å²) in [4.78, 5) is 45.3. The molecule has 0 aliphatic carbocycles. The topological polar surface area (TPSA) is 114 Å². The molecule has 0 spiro atoms. The minimum absolute atomic E-state index is 0.0416. The predicted octanol–water partition coefficient (Wildman–Crippen LogP) is 6.71. The number of halogens is 7. The number of piperazine rings is 1. The van der Waals surface area contributed by atoms with Gasteiger partial charge in [0.1, 0.15) is 22.2 Å². The van der Waals surface area contributed by atoms with E-state index in [4.69, 9.17) is 16.3 Å². The van der Waals surface area contributed by atoms with Gasteiger partial charge in [0.25, 0.3) is 5.56 Å². The largest absolute Gasteiger partial charge is 0.444 e.